The minimum absolute atomic E-state index is 0.278. The second-order valence-corrected chi connectivity index (χ2v) is 5.72. The first-order valence-corrected chi connectivity index (χ1v) is 7.76. The molecule has 0 amide bonds. The second-order valence-electron chi connectivity index (χ2n) is 5.72. The van der Waals surface area contributed by atoms with E-state index < -0.39 is 0 Å². The summed E-state index contributed by atoms with van der Waals surface area (Å²) >= 11 is 0. The molecular weight excluding hydrogens is 282 g/mol. The Labute approximate surface area is 132 Å². The normalized spacial score (nSPS) is 22.3. The van der Waals surface area contributed by atoms with Gasteiger partial charge in [0.2, 0.25) is 0 Å². The molecule has 0 aromatic heterocycles. The van der Waals surface area contributed by atoms with Crippen molar-refractivity contribution < 1.29 is 19.0 Å². The highest BCUT2D eigenvalue weighted by Crippen LogP contribution is 2.30. The van der Waals surface area contributed by atoms with E-state index in [0.29, 0.717) is 23.7 Å². The van der Waals surface area contributed by atoms with Crippen LogP contribution in [-0.2, 0) is 4.74 Å². The van der Waals surface area contributed by atoms with Gasteiger partial charge in [-0.05, 0) is 32.4 Å². The monoisotopic (exact) mass is 307 g/mol. The predicted octanol–water partition coefficient (Wildman–Crippen LogP) is 2.39. The predicted molar refractivity (Wildman–Crippen MR) is 84.9 cm³/mol. The van der Waals surface area contributed by atoms with Gasteiger partial charge in [-0.3, -0.25) is 9.69 Å². The van der Waals surface area contributed by atoms with E-state index in [0.717, 1.165) is 32.3 Å². The number of rotatable bonds is 7. The first-order valence-electron chi connectivity index (χ1n) is 7.76. The summed E-state index contributed by atoms with van der Waals surface area (Å²) in [4.78, 5) is 13.5. The van der Waals surface area contributed by atoms with Gasteiger partial charge < -0.3 is 14.2 Å². The molecule has 0 aliphatic carbocycles. The molecule has 0 spiro atoms. The molecule has 0 N–H and O–H groups in total. The van der Waals surface area contributed by atoms with E-state index in [1.807, 2.05) is 0 Å². The van der Waals surface area contributed by atoms with E-state index in [4.69, 9.17) is 14.2 Å². The van der Waals surface area contributed by atoms with Gasteiger partial charge in [0.1, 0.15) is 0 Å². The Morgan fingerprint density at radius 2 is 2.05 bits per heavy atom. The number of carbonyl (C=O) groups is 1. The highest BCUT2D eigenvalue weighted by molar-refractivity contribution is 5.81. The third kappa shape index (κ3) is 4.45. The Morgan fingerprint density at radius 3 is 2.68 bits per heavy atom. The third-order valence-corrected chi connectivity index (χ3v) is 3.72. The summed E-state index contributed by atoms with van der Waals surface area (Å²) in [6, 6.07) is 5.32. The van der Waals surface area contributed by atoms with Crippen LogP contribution >= 0.6 is 0 Å². The molecule has 1 saturated heterocycles. The molecule has 1 aromatic carbocycles. The Kier molecular flexibility index (Phi) is 6.21. The minimum atomic E-state index is 0.278. The highest BCUT2D eigenvalue weighted by atomic mass is 16.5. The zero-order valence-electron chi connectivity index (χ0n) is 13.6. The number of benzene rings is 1. The summed E-state index contributed by atoms with van der Waals surface area (Å²) in [5.41, 5.74) is 0.521. The average Bonchev–Trinajstić information content (AvgIpc) is 2.50. The summed E-state index contributed by atoms with van der Waals surface area (Å²) in [5, 5.41) is 0. The van der Waals surface area contributed by atoms with Gasteiger partial charge in [0, 0.05) is 19.6 Å². The molecule has 1 aliphatic heterocycles. The van der Waals surface area contributed by atoms with Crippen molar-refractivity contribution in [3.8, 4) is 11.5 Å². The van der Waals surface area contributed by atoms with Gasteiger partial charge >= 0.3 is 0 Å². The van der Waals surface area contributed by atoms with Gasteiger partial charge in [-0.2, -0.15) is 0 Å². The first kappa shape index (κ1) is 16.8. The molecule has 122 valence electrons. The molecule has 1 aromatic rings. The SMILES string of the molecule is COc1cccc(C=O)c1OCCCN1C[C@H](C)O[C@@H](C)C1. The van der Waals surface area contributed by atoms with E-state index in [1.165, 1.54) is 0 Å². The van der Waals surface area contributed by atoms with Gasteiger partial charge in [-0.15, -0.1) is 0 Å². The van der Waals surface area contributed by atoms with Crippen molar-refractivity contribution in [1.82, 2.24) is 4.90 Å². The van der Waals surface area contributed by atoms with E-state index in [9.17, 15) is 4.79 Å². The van der Waals surface area contributed by atoms with Crippen LogP contribution in [0.25, 0.3) is 0 Å². The van der Waals surface area contributed by atoms with Crippen molar-refractivity contribution in [2.24, 2.45) is 0 Å². The maximum absolute atomic E-state index is 11.1. The second kappa shape index (κ2) is 8.15. The molecule has 0 radical (unpaired) electrons. The summed E-state index contributed by atoms with van der Waals surface area (Å²) < 4.78 is 16.8. The first-order chi connectivity index (χ1) is 10.6. The fourth-order valence-electron chi connectivity index (χ4n) is 2.87. The summed E-state index contributed by atoms with van der Waals surface area (Å²) in [7, 11) is 1.58. The van der Waals surface area contributed by atoms with Crippen molar-refractivity contribution in [2.75, 3.05) is 33.4 Å². The van der Waals surface area contributed by atoms with Gasteiger partial charge in [0.25, 0.3) is 0 Å². The lowest BCUT2D eigenvalue weighted by molar-refractivity contribution is -0.0686. The van der Waals surface area contributed by atoms with Crippen LogP contribution in [0.3, 0.4) is 0 Å². The Balaban J connectivity index is 1.83. The van der Waals surface area contributed by atoms with Crippen molar-refractivity contribution in [2.45, 2.75) is 32.5 Å². The van der Waals surface area contributed by atoms with Crippen LogP contribution in [0.4, 0.5) is 0 Å². The van der Waals surface area contributed by atoms with Crippen molar-refractivity contribution in [1.29, 1.82) is 0 Å². The smallest absolute Gasteiger partial charge is 0.171 e. The lowest BCUT2D eigenvalue weighted by atomic mass is 10.2. The van der Waals surface area contributed by atoms with Gasteiger partial charge in [-0.25, -0.2) is 0 Å². The van der Waals surface area contributed by atoms with E-state index in [2.05, 4.69) is 18.7 Å². The van der Waals surface area contributed by atoms with Gasteiger partial charge in [0.05, 0.1) is 31.5 Å². The molecule has 1 fully saturated rings. The number of aldehydes is 1. The number of hydrogen-bond acceptors (Lipinski definition) is 5. The van der Waals surface area contributed by atoms with Gasteiger partial charge in [0.15, 0.2) is 17.8 Å². The lowest BCUT2D eigenvalue weighted by Crippen LogP contribution is -2.45. The van der Waals surface area contributed by atoms with E-state index >= 15 is 0 Å². The van der Waals surface area contributed by atoms with Crippen LogP contribution in [-0.4, -0.2) is 56.7 Å². The van der Waals surface area contributed by atoms with Crippen LogP contribution in [0.5, 0.6) is 11.5 Å². The number of methoxy groups -OCH3 is 1. The maximum atomic E-state index is 11.1. The minimum Gasteiger partial charge on any atom is -0.493 e. The number of nitrogens with zero attached hydrogens (tertiary/aromatic N) is 1. The van der Waals surface area contributed by atoms with Crippen LogP contribution in [0.15, 0.2) is 18.2 Å². The van der Waals surface area contributed by atoms with Crippen LogP contribution < -0.4 is 9.47 Å². The molecule has 1 aliphatic rings. The fourth-order valence-corrected chi connectivity index (χ4v) is 2.87. The summed E-state index contributed by atoms with van der Waals surface area (Å²) in [5.74, 6) is 1.13. The lowest BCUT2D eigenvalue weighted by Gasteiger charge is -2.35. The largest absolute Gasteiger partial charge is 0.493 e. The zero-order valence-corrected chi connectivity index (χ0v) is 13.6. The van der Waals surface area contributed by atoms with Crippen LogP contribution in [0.1, 0.15) is 30.6 Å². The highest BCUT2D eigenvalue weighted by Gasteiger charge is 2.21. The van der Waals surface area contributed by atoms with Crippen molar-refractivity contribution >= 4 is 6.29 Å². The summed E-state index contributed by atoms with van der Waals surface area (Å²) in [6.07, 6.45) is 2.25. The number of ether oxygens (including phenoxy) is 3. The molecule has 22 heavy (non-hydrogen) atoms. The molecule has 0 unspecified atom stereocenters. The topological polar surface area (TPSA) is 48.0 Å². The van der Waals surface area contributed by atoms with Crippen LogP contribution in [0, 0.1) is 0 Å². The number of hydrogen-bond donors (Lipinski definition) is 0. The molecule has 2 atom stereocenters. The van der Waals surface area contributed by atoms with Gasteiger partial charge in [-0.1, -0.05) is 6.07 Å². The zero-order chi connectivity index (χ0) is 15.9. The molecule has 5 nitrogen and oxygen atoms in total. The number of morpholine rings is 1. The Morgan fingerprint density at radius 1 is 1.32 bits per heavy atom. The Hall–Kier alpha value is -1.59. The summed E-state index contributed by atoms with van der Waals surface area (Å²) in [6.45, 7) is 7.64. The Bertz CT molecular complexity index is 482. The van der Waals surface area contributed by atoms with Crippen molar-refractivity contribution in [3.05, 3.63) is 23.8 Å². The van der Waals surface area contributed by atoms with E-state index in [-0.39, 0.29) is 12.2 Å². The standard InChI is InChI=1S/C17H25NO4/c1-13-10-18(11-14(2)22-13)8-5-9-21-17-15(12-19)6-4-7-16(17)20-3/h4,6-7,12-14H,5,8-11H2,1-3H3/t13-,14-/m0/s1. The molecular formula is C17H25NO4. The van der Waals surface area contributed by atoms with Crippen molar-refractivity contribution in [3.63, 3.8) is 0 Å². The average molecular weight is 307 g/mol. The molecule has 0 saturated carbocycles. The number of carbonyl (C=O) groups excluding carboxylic acids is 1. The molecule has 0 bridgehead atoms. The third-order valence-electron chi connectivity index (χ3n) is 3.72. The molecule has 1 heterocycles. The number of para-hydroxylation sites is 1. The molecule has 5 heteroatoms. The quantitative estimate of drug-likeness (QED) is 0.572. The molecule has 2 rings (SSSR count). The van der Waals surface area contributed by atoms with Crippen LogP contribution in [0.2, 0.25) is 0 Å². The maximum Gasteiger partial charge on any atom is 0.171 e. The fraction of sp³-hybridized carbons (Fsp3) is 0.588. The van der Waals surface area contributed by atoms with E-state index in [1.54, 1.807) is 25.3 Å².